The van der Waals surface area contributed by atoms with Gasteiger partial charge in [0, 0.05) is 47.6 Å². The first-order chi connectivity index (χ1) is 34.4. The van der Waals surface area contributed by atoms with Gasteiger partial charge in [0.2, 0.25) is 0 Å². The average molecular weight is 911 g/mol. The fraction of sp³-hybridized carbons (Fsp3) is 0.0448. The molecule has 0 amide bonds. The maximum Gasteiger partial charge on any atom is 0.0979 e. The lowest BCUT2D eigenvalue weighted by atomic mass is 9.89. The zero-order valence-corrected chi connectivity index (χ0v) is 40.0. The minimum atomic E-state index is 0.851. The summed E-state index contributed by atoms with van der Waals surface area (Å²) in [5, 5.41) is 7.12. The van der Waals surface area contributed by atoms with E-state index in [1.807, 2.05) is 17.5 Å². The topological polar surface area (TPSA) is 25.8 Å². The summed E-state index contributed by atoms with van der Waals surface area (Å²) in [7, 11) is 0. The van der Waals surface area contributed by atoms with E-state index in [0.29, 0.717) is 0 Å². The van der Waals surface area contributed by atoms with Gasteiger partial charge in [-0.15, -0.1) is 11.3 Å². The van der Waals surface area contributed by atoms with Gasteiger partial charge >= 0.3 is 0 Å². The molecule has 0 aliphatic heterocycles. The molecule has 0 bridgehead atoms. The van der Waals surface area contributed by atoms with Gasteiger partial charge in [0.15, 0.2) is 0 Å². The van der Waals surface area contributed by atoms with E-state index in [-0.39, 0.29) is 0 Å². The van der Waals surface area contributed by atoms with Gasteiger partial charge < -0.3 is 0 Å². The molecule has 0 aliphatic carbocycles. The molecule has 0 spiro atoms. The molecule has 0 N–H and O–H groups in total. The van der Waals surface area contributed by atoms with Crippen LogP contribution >= 0.6 is 11.3 Å². The molecule has 11 aromatic carbocycles. The van der Waals surface area contributed by atoms with Crippen LogP contribution in [0, 0.1) is 20.8 Å². The highest BCUT2D eigenvalue weighted by molar-refractivity contribution is 7.27. The molecule has 13 rings (SSSR count). The summed E-state index contributed by atoms with van der Waals surface area (Å²) < 4.78 is 2.55. The molecule has 0 unspecified atom stereocenters. The van der Waals surface area contributed by atoms with E-state index < -0.39 is 0 Å². The molecule has 2 nitrogen and oxygen atoms in total. The molecule has 0 radical (unpaired) electrons. The van der Waals surface area contributed by atoms with Crippen LogP contribution in [-0.2, 0) is 0 Å². The van der Waals surface area contributed by atoms with Gasteiger partial charge in [-0.25, -0.2) is 4.98 Å². The molecule has 0 saturated heterocycles. The molecule has 0 atom stereocenters. The maximum atomic E-state index is 5.43. The van der Waals surface area contributed by atoms with Gasteiger partial charge in [-0.1, -0.05) is 181 Å². The molecule has 0 saturated carbocycles. The summed E-state index contributed by atoms with van der Waals surface area (Å²) >= 11 is 1.91. The minimum Gasteiger partial charge on any atom is -0.252 e. The Labute approximate surface area is 411 Å². The molecule has 70 heavy (non-hydrogen) atoms. The van der Waals surface area contributed by atoms with Crippen LogP contribution < -0.4 is 0 Å². The molecule has 2 heterocycles. The second-order valence-corrected chi connectivity index (χ2v) is 19.7. The number of hydrogen-bond donors (Lipinski definition) is 0. The highest BCUT2D eigenvalue weighted by Crippen LogP contribution is 2.49. The van der Waals surface area contributed by atoms with Crippen molar-refractivity contribution in [3.05, 3.63) is 241 Å². The maximum absolute atomic E-state index is 5.43. The SMILES string of the molecule is Cc1cc(C)c(-c2cc(-c3cccc(-c4ccccc4)c3)cc3c2sc2c(-c4cccc(-c5cnc6c7ccccc7c7ccccc7c6n5)c4)cc(-c4cccc(-c5ccccc5)c4)cc23)c(C)c1. The highest BCUT2D eigenvalue weighted by atomic mass is 32.1. The summed E-state index contributed by atoms with van der Waals surface area (Å²) in [6, 6.07) is 79.9. The number of hydrogen-bond acceptors (Lipinski definition) is 3. The lowest BCUT2D eigenvalue weighted by Gasteiger charge is -2.15. The van der Waals surface area contributed by atoms with Crippen LogP contribution in [0.2, 0.25) is 0 Å². The number of aryl methyl sites for hydroxylation is 3. The average Bonchev–Trinajstić information content (AvgIpc) is 3.79. The van der Waals surface area contributed by atoms with Gasteiger partial charge in [0.25, 0.3) is 0 Å². The largest absolute Gasteiger partial charge is 0.252 e. The van der Waals surface area contributed by atoms with Gasteiger partial charge in [-0.3, -0.25) is 4.98 Å². The van der Waals surface area contributed by atoms with E-state index in [1.54, 1.807) is 0 Å². The van der Waals surface area contributed by atoms with Crippen molar-refractivity contribution in [2.45, 2.75) is 20.8 Å². The highest BCUT2D eigenvalue weighted by Gasteiger charge is 2.21. The van der Waals surface area contributed by atoms with Crippen LogP contribution in [0.1, 0.15) is 16.7 Å². The molecule has 3 heteroatoms. The Balaban J connectivity index is 1.07. The lowest BCUT2D eigenvalue weighted by molar-refractivity contribution is 1.31. The second kappa shape index (κ2) is 16.9. The summed E-state index contributed by atoms with van der Waals surface area (Å²) in [6.45, 7) is 6.74. The van der Waals surface area contributed by atoms with E-state index in [0.717, 1.165) is 38.6 Å². The van der Waals surface area contributed by atoms with Crippen LogP contribution in [0.3, 0.4) is 0 Å². The third-order valence-corrected chi connectivity index (χ3v) is 15.4. The van der Waals surface area contributed by atoms with E-state index >= 15 is 0 Å². The van der Waals surface area contributed by atoms with Crippen molar-refractivity contribution in [2.24, 2.45) is 0 Å². The molecule has 330 valence electrons. The van der Waals surface area contributed by atoms with Crippen molar-refractivity contribution in [1.29, 1.82) is 0 Å². The van der Waals surface area contributed by atoms with E-state index in [2.05, 4.69) is 239 Å². The Morgan fingerprint density at radius 1 is 0.314 bits per heavy atom. The van der Waals surface area contributed by atoms with Crippen molar-refractivity contribution in [1.82, 2.24) is 9.97 Å². The quantitative estimate of drug-likeness (QED) is 0.149. The first-order valence-electron chi connectivity index (χ1n) is 24.0. The predicted octanol–water partition coefficient (Wildman–Crippen LogP) is 18.9. The lowest BCUT2D eigenvalue weighted by Crippen LogP contribution is -1.92. The molecular weight excluding hydrogens is 865 g/mol. The van der Waals surface area contributed by atoms with Crippen LogP contribution in [-0.4, -0.2) is 9.97 Å². The first-order valence-corrected chi connectivity index (χ1v) is 24.8. The van der Waals surface area contributed by atoms with E-state index in [1.165, 1.54) is 109 Å². The summed E-state index contributed by atoms with van der Waals surface area (Å²) in [6.07, 6.45) is 1.95. The number of fused-ring (bicyclic) bond motifs is 9. The van der Waals surface area contributed by atoms with E-state index in [9.17, 15) is 0 Å². The number of thiophene rings is 1. The van der Waals surface area contributed by atoms with Crippen LogP contribution in [0.15, 0.2) is 225 Å². The third-order valence-electron chi connectivity index (χ3n) is 14.1. The normalized spacial score (nSPS) is 11.6. The predicted molar refractivity (Wildman–Crippen MR) is 300 cm³/mol. The van der Waals surface area contributed by atoms with Crippen molar-refractivity contribution in [2.75, 3.05) is 0 Å². The zero-order chi connectivity index (χ0) is 46.9. The van der Waals surface area contributed by atoms with Gasteiger partial charge in [-0.05, 0) is 141 Å². The minimum absolute atomic E-state index is 0.851. The van der Waals surface area contributed by atoms with Crippen molar-refractivity contribution < 1.29 is 0 Å². The number of rotatable bonds is 7. The smallest absolute Gasteiger partial charge is 0.0979 e. The molecule has 13 aromatic rings. The van der Waals surface area contributed by atoms with Crippen molar-refractivity contribution in [3.8, 4) is 78.0 Å². The molecule has 0 fully saturated rings. The number of aromatic nitrogens is 2. The van der Waals surface area contributed by atoms with E-state index in [4.69, 9.17) is 9.97 Å². The summed E-state index contributed by atoms with van der Waals surface area (Å²) in [4.78, 5) is 10.6. The third kappa shape index (κ3) is 7.17. The Kier molecular flexibility index (Phi) is 10.1. The molecular formula is C67H46N2S. The number of benzene rings is 11. The van der Waals surface area contributed by atoms with Gasteiger partial charge in [0.1, 0.15) is 0 Å². The van der Waals surface area contributed by atoms with Crippen LogP contribution in [0.25, 0.3) is 131 Å². The Bertz CT molecular complexity index is 4150. The van der Waals surface area contributed by atoms with Crippen LogP contribution in [0.4, 0.5) is 0 Å². The summed E-state index contributed by atoms with van der Waals surface area (Å²) in [5.74, 6) is 0. The van der Waals surface area contributed by atoms with Crippen LogP contribution in [0.5, 0.6) is 0 Å². The Morgan fingerprint density at radius 2 is 0.743 bits per heavy atom. The zero-order valence-electron chi connectivity index (χ0n) is 39.2. The fourth-order valence-electron chi connectivity index (χ4n) is 10.9. The fourth-order valence-corrected chi connectivity index (χ4v) is 12.3. The first kappa shape index (κ1) is 41.7. The second-order valence-electron chi connectivity index (χ2n) is 18.7. The summed E-state index contributed by atoms with van der Waals surface area (Å²) in [5.41, 5.74) is 22.1. The Morgan fingerprint density at radius 3 is 1.31 bits per heavy atom. The number of nitrogens with zero attached hydrogens (tertiary/aromatic N) is 2. The van der Waals surface area contributed by atoms with Gasteiger partial charge in [-0.2, -0.15) is 0 Å². The van der Waals surface area contributed by atoms with Crippen molar-refractivity contribution in [3.63, 3.8) is 0 Å². The standard InChI is InChI=1S/C67H46N2S/c1-41-31-42(2)63(43(3)32-41)61-39-53(49-24-15-22-47(34-49)45-19-8-5-9-20-45)38-60-59-37-52(48-23-14-21-46(33-48)44-17-6-4-7-18-44)36-58(66(59)70-67(60)61)50-25-16-26-51(35-50)62-40-68-64-56-29-12-10-27-54(56)55-28-11-13-30-57(55)65(64)69-62/h4-40H,1-3H3. The molecule has 2 aromatic heterocycles. The van der Waals surface area contributed by atoms with Crippen molar-refractivity contribution >= 4 is 64.1 Å². The molecule has 0 aliphatic rings. The van der Waals surface area contributed by atoms with Gasteiger partial charge in [0.05, 0.1) is 22.9 Å². The Hall–Kier alpha value is -8.50. The monoisotopic (exact) mass is 910 g/mol.